The number of amides is 1. The Hall–Kier alpha value is -1.76. The average molecular weight is 288 g/mol. The number of carbonyl (C=O) groups excluding carboxylic acids is 1. The van der Waals surface area contributed by atoms with Crippen molar-refractivity contribution in [1.29, 1.82) is 0 Å². The molecule has 3 N–H and O–H groups in total. The SMILES string of the molecule is NC(=O)[C@@H](Oc1ccc(C(F)(F)F)cc1)C1CCNC1. The smallest absolute Gasteiger partial charge is 0.416 e. The van der Waals surface area contributed by atoms with E-state index >= 15 is 0 Å². The van der Waals surface area contributed by atoms with Gasteiger partial charge in [-0.15, -0.1) is 0 Å². The van der Waals surface area contributed by atoms with Gasteiger partial charge in [-0.05, 0) is 37.2 Å². The van der Waals surface area contributed by atoms with Crippen LogP contribution in [0.3, 0.4) is 0 Å². The van der Waals surface area contributed by atoms with Crippen molar-refractivity contribution in [3.8, 4) is 5.75 Å². The predicted octanol–water partition coefficient (Wildman–Crippen LogP) is 1.55. The highest BCUT2D eigenvalue weighted by molar-refractivity contribution is 5.79. The van der Waals surface area contributed by atoms with Crippen molar-refractivity contribution in [3.63, 3.8) is 0 Å². The number of nitrogens with one attached hydrogen (secondary N) is 1. The Kier molecular flexibility index (Phi) is 4.17. The number of rotatable bonds is 4. The zero-order chi connectivity index (χ0) is 14.8. The van der Waals surface area contributed by atoms with E-state index in [1.54, 1.807) is 0 Å². The maximum absolute atomic E-state index is 12.4. The number of alkyl halides is 3. The van der Waals surface area contributed by atoms with Crippen LogP contribution in [0.15, 0.2) is 24.3 Å². The zero-order valence-corrected chi connectivity index (χ0v) is 10.6. The topological polar surface area (TPSA) is 64.4 Å². The van der Waals surface area contributed by atoms with Crippen molar-refractivity contribution in [1.82, 2.24) is 5.32 Å². The molecule has 1 amide bonds. The van der Waals surface area contributed by atoms with Gasteiger partial charge in [0.25, 0.3) is 5.91 Å². The van der Waals surface area contributed by atoms with E-state index in [2.05, 4.69) is 5.32 Å². The highest BCUT2D eigenvalue weighted by Gasteiger charge is 2.32. The molecule has 1 aromatic rings. The van der Waals surface area contributed by atoms with Crippen molar-refractivity contribution in [2.45, 2.75) is 18.7 Å². The fourth-order valence-corrected chi connectivity index (χ4v) is 2.19. The third-order valence-electron chi connectivity index (χ3n) is 3.25. The van der Waals surface area contributed by atoms with Gasteiger partial charge in [0.05, 0.1) is 5.56 Å². The molecule has 1 aliphatic heterocycles. The molecule has 0 bridgehead atoms. The summed E-state index contributed by atoms with van der Waals surface area (Å²) in [5.41, 5.74) is 4.53. The van der Waals surface area contributed by atoms with E-state index in [9.17, 15) is 18.0 Å². The molecular formula is C13H15F3N2O2. The standard InChI is InChI=1S/C13H15F3N2O2/c14-13(15,16)9-1-3-10(4-2-9)20-11(12(17)19)8-5-6-18-7-8/h1-4,8,11,18H,5-7H2,(H2,17,19)/t8?,11-/m0/s1. The van der Waals surface area contributed by atoms with Crippen LogP contribution in [-0.2, 0) is 11.0 Å². The van der Waals surface area contributed by atoms with Crippen LogP contribution in [0, 0.1) is 5.92 Å². The van der Waals surface area contributed by atoms with E-state index < -0.39 is 23.8 Å². The number of benzene rings is 1. The van der Waals surface area contributed by atoms with Crippen LogP contribution < -0.4 is 15.8 Å². The van der Waals surface area contributed by atoms with Gasteiger partial charge in [0.1, 0.15) is 5.75 Å². The summed E-state index contributed by atoms with van der Waals surface area (Å²) in [4.78, 5) is 11.4. The Morgan fingerprint density at radius 2 is 2.00 bits per heavy atom. The van der Waals surface area contributed by atoms with Crippen LogP contribution >= 0.6 is 0 Å². The third kappa shape index (κ3) is 3.41. The van der Waals surface area contributed by atoms with Crippen LogP contribution in [0.5, 0.6) is 5.75 Å². The first kappa shape index (κ1) is 14.6. The van der Waals surface area contributed by atoms with Gasteiger partial charge >= 0.3 is 6.18 Å². The minimum absolute atomic E-state index is 0.0604. The van der Waals surface area contributed by atoms with E-state index in [0.717, 1.165) is 25.1 Å². The molecule has 1 aliphatic rings. The summed E-state index contributed by atoms with van der Waals surface area (Å²) >= 11 is 0. The molecule has 7 heteroatoms. The molecule has 0 radical (unpaired) electrons. The molecule has 20 heavy (non-hydrogen) atoms. The summed E-state index contributed by atoms with van der Waals surface area (Å²) in [7, 11) is 0. The fraction of sp³-hybridized carbons (Fsp3) is 0.462. The van der Waals surface area contributed by atoms with Gasteiger partial charge in [0.15, 0.2) is 6.10 Å². The molecule has 2 rings (SSSR count). The Morgan fingerprint density at radius 1 is 1.35 bits per heavy atom. The lowest BCUT2D eigenvalue weighted by atomic mass is 10.0. The lowest BCUT2D eigenvalue weighted by Crippen LogP contribution is -2.41. The minimum Gasteiger partial charge on any atom is -0.480 e. The van der Waals surface area contributed by atoms with E-state index in [0.29, 0.717) is 6.54 Å². The highest BCUT2D eigenvalue weighted by atomic mass is 19.4. The van der Waals surface area contributed by atoms with Crippen molar-refractivity contribution in [2.75, 3.05) is 13.1 Å². The molecule has 110 valence electrons. The first-order valence-corrected chi connectivity index (χ1v) is 6.22. The molecule has 1 aromatic carbocycles. The number of primary amides is 1. The van der Waals surface area contributed by atoms with Crippen LogP contribution in [0.1, 0.15) is 12.0 Å². The monoisotopic (exact) mass is 288 g/mol. The zero-order valence-electron chi connectivity index (χ0n) is 10.6. The van der Waals surface area contributed by atoms with Gasteiger partial charge in [0, 0.05) is 12.5 Å². The molecule has 1 unspecified atom stereocenters. The van der Waals surface area contributed by atoms with Gasteiger partial charge in [-0.25, -0.2) is 0 Å². The van der Waals surface area contributed by atoms with E-state index in [-0.39, 0.29) is 11.7 Å². The van der Waals surface area contributed by atoms with Crippen LogP contribution in [-0.4, -0.2) is 25.1 Å². The molecule has 0 saturated carbocycles. The van der Waals surface area contributed by atoms with E-state index in [1.165, 1.54) is 12.1 Å². The predicted molar refractivity (Wildman–Crippen MR) is 66.0 cm³/mol. The normalized spacial score (nSPS) is 20.6. The Balaban J connectivity index is 2.09. The molecule has 0 aliphatic carbocycles. The fourth-order valence-electron chi connectivity index (χ4n) is 2.19. The average Bonchev–Trinajstić information content (AvgIpc) is 2.88. The van der Waals surface area contributed by atoms with Crippen LogP contribution in [0.4, 0.5) is 13.2 Å². The molecule has 0 spiro atoms. The number of hydrogen-bond acceptors (Lipinski definition) is 3. The molecule has 4 nitrogen and oxygen atoms in total. The van der Waals surface area contributed by atoms with Crippen LogP contribution in [0.25, 0.3) is 0 Å². The number of carbonyl (C=O) groups is 1. The third-order valence-corrected chi connectivity index (χ3v) is 3.25. The molecule has 1 heterocycles. The maximum Gasteiger partial charge on any atom is 0.416 e. The molecular weight excluding hydrogens is 273 g/mol. The van der Waals surface area contributed by atoms with Gasteiger partial charge < -0.3 is 15.8 Å². The minimum atomic E-state index is -4.39. The molecule has 0 aromatic heterocycles. The summed E-state index contributed by atoms with van der Waals surface area (Å²) < 4.78 is 42.7. The van der Waals surface area contributed by atoms with Gasteiger partial charge in [-0.3, -0.25) is 4.79 Å². The number of halogens is 3. The summed E-state index contributed by atoms with van der Waals surface area (Å²) in [6.07, 6.45) is -4.48. The second-order valence-corrected chi connectivity index (χ2v) is 4.72. The second-order valence-electron chi connectivity index (χ2n) is 4.72. The Bertz CT molecular complexity index is 467. The van der Waals surface area contributed by atoms with Crippen molar-refractivity contribution >= 4 is 5.91 Å². The first-order valence-electron chi connectivity index (χ1n) is 6.22. The summed E-state index contributed by atoms with van der Waals surface area (Å²) in [5, 5.41) is 3.09. The van der Waals surface area contributed by atoms with E-state index in [1.807, 2.05) is 0 Å². The molecule has 1 fully saturated rings. The second kappa shape index (κ2) is 5.70. The van der Waals surface area contributed by atoms with E-state index in [4.69, 9.17) is 10.5 Å². The lowest BCUT2D eigenvalue weighted by molar-refractivity contribution is -0.137. The van der Waals surface area contributed by atoms with Gasteiger partial charge in [-0.2, -0.15) is 13.2 Å². The van der Waals surface area contributed by atoms with Crippen molar-refractivity contribution in [3.05, 3.63) is 29.8 Å². The quantitative estimate of drug-likeness (QED) is 0.883. The summed E-state index contributed by atoms with van der Waals surface area (Å²) in [5.74, 6) is -0.470. The summed E-state index contributed by atoms with van der Waals surface area (Å²) in [6, 6.07) is 4.23. The number of ether oxygens (including phenoxy) is 1. The Labute approximate surface area is 114 Å². The van der Waals surface area contributed by atoms with Crippen molar-refractivity contribution in [2.24, 2.45) is 11.7 Å². The highest BCUT2D eigenvalue weighted by Crippen LogP contribution is 2.30. The van der Waals surface area contributed by atoms with Gasteiger partial charge in [0.2, 0.25) is 0 Å². The first-order chi connectivity index (χ1) is 9.38. The number of nitrogens with two attached hydrogens (primary N) is 1. The molecule has 2 atom stereocenters. The molecule has 1 saturated heterocycles. The summed E-state index contributed by atoms with van der Waals surface area (Å²) in [6.45, 7) is 1.37. The number of hydrogen-bond donors (Lipinski definition) is 2. The van der Waals surface area contributed by atoms with Gasteiger partial charge in [-0.1, -0.05) is 0 Å². The maximum atomic E-state index is 12.4. The largest absolute Gasteiger partial charge is 0.480 e. The Morgan fingerprint density at radius 3 is 2.45 bits per heavy atom. The lowest BCUT2D eigenvalue weighted by Gasteiger charge is -2.21. The van der Waals surface area contributed by atoms with Crippen LogP contribution in [0.2, 0.25) is 0 Å². The van der Waals surface area contributed by atoms with Crippen molar-refractivity contribution < 1.29 is 22.7 Å².